The third-order valence-corrected chi connectivity index (χ3v) is 6.61. The molecular formula is C19H22ClFN2O3S. The molecule has 1 N–H and O–H groups in total. The predicted molar refractivity (Wildman–Crippen MR) is 104 cm³/mol. The van der Waals surface area contributed by atoms with Gasteiger partial charge in [0.15, 0.2) is 0 Å². The molecule has 0 aromatic heterocycles. The molecule has 0 heterocycles. The van der Waals surface area contributed by atoms with Crippen LogP contribution in [0.2, 0.25) is 5.02 Å². The Morgan fingerprint density at radius 2 is 1.81 bits per heavy atom. The largest absolute Gasteiger partial charge is 0.346 e. The van der Waals surface area contributed by atoms with E-state index < -0.39 is 27.8 Å². The second-order valence-electron chi connectivity index (χ2n) is 6.51. The Morgan fingerprint density at radius 3 is 2.41 bits per heavy atom. The first-order chi connectivity index (χ1) is 12.5. The first-order valence-corrected chi connectivity index (χ1v) is 10.2. The first-order valence-electron chi connectivity index (χ1n) is 8.38. The molecule has 8 heteroatoms. The Kier molecular flexibility index (Phi) is 6.62. The van der Waals surface area contributed by atoms with E-state index >= 15 is 0 Å². The highest BCUT2D eigenvalue weighted by Gasteiger charge is 2.24. The summed E-state index contributed by atoms with van der Waals surface area (Å²) in [5.74, 6) is -0.974. The van der Waals surface area contributed by atoms with Crippen LogP contribution in [0.5, 0.6) is 0 Å². The number of hydrogen-bond donors (Lipinski definition) is 1. The monoisotopic (exact) mass is 412 g/mol. The predicted octanol–water partition coefficient (Wildman–Crippen LogP) is 4.00. The Bertz CT molecular complexity index is 948. The summed E-state index contributed by atoms with van der Waals surface area (Å²) in [6, 6.07) is 9.41. The van der Waals surface area contributed by atoms with Crippen LogP contribution in [0, 0.1) is 5.82 Å². The molecule has 0 aliphatic heterocycles. The van der Waals surface area contributed by atoms with Crippen molar-refractivity contribution in [2.75, 3.05) is 7.05 Å². The van der Waals surface area contributed by atoms with Crippen molar-refractivity contribution in [3.63, 3.8) is 0 Å². The van der Waals surface area contributed by atoms with Gasteiger partial charge in [-0.25, -0.2) is 12.8 Å². The third kappa shape index (κ3) is 4.86. The number of benzene rings is 2. The van der Waals surface area contributed by atoms with Crippen LogP contribution in [0.4, 0.5) is 4.39 Å². The zero-order valence-corrected chi connectivity index (χ0v) is 17.1. The van der Waals surface area contributed by atoms with Crippen molar-refractivity contribution in [3.8, 4) is 0 Å². The average Bonchev–Trinajstić information content (AvgIpc) is 2.63. The van der Waals surface area contributed by atoms with E-state index in [1.807, 2.05) is 0 Å². The van der Waals surface area contributed by atoms with Gasteiger partial charge in [-0.2, -0.15) is 4.31 Å². The third-order valence-electron chi connectivity index (χ3n) is 4.29. The minimum absolute atomic E-state index is 0.0292. The number of halogens is 2. The van der Waals surface area contributed by atoms with Crippen LogP contribution in [0.3, 0.4) is 0 Å². The summed E-state index contributed by atoms with van der Waals surface area (Å²) in [5, 5.41) is 2.73. The Labute approximate surface area is 164 Å². The highest BCUT2D eigenvalue weighted by molar-refractivity contribution is 7.89. The van der Waals surface area contributed by atoms with E-state index in [0.717, 1.165) is 0 Å². The smallest absolute Gasteiger partial charge is 0.251 e. The molecule has 1 atom stereocenters. The molecule has 1 unspecified atom stereocenters. The van der Waals surface area contributed by atoms with E-state index in [1.54, 1.807) is 20.8 Å². The van der Waals surface area contributed by atoms with Gasteiger partial charge in [0.2, 0.25) is 10.0 Å². The molecule has 2 aromatic rings. The van der Waals surface area contributed by atoms with Crippen molar-refractivity contribution in [1.29, 1.82) is 0 Å². The van der Waals surface area contributed by atoms with Crippen LogP contribution in [-0.2, 0) is 10.0 Å². The average molecular weight is 413 g/mol. The molecule has 0 fully saturated rings. The molecule has 0 aliphatic rings. The minimum Gasteiger partial charge on any atom is -0.346 e. The van der Waals surface area contributed by atoms with Crippen LogP contribution in [-0.4, -0.2) is 31.7 Å². The maximum Gasteiger partial charge on any atom is 0.251 e. The topological polar surface area (TPSA) is 66.5 Å². The SMILES string of the molecule is CC(NC(=O)c1cccc(S(=O)(=O)N(C)C(C)C)c1)c1ccc(F)c(Cl)c1. The molecule has 146 valence electrons. The summed E-state index contributed by atoms with van der Waals surface area (Å²) in [7, 11) is -2.20. The molecule has 0 saturated heterocycles. The lowest BCUT2D eigenvalue weighted by Gasteiger charge is -2.21. The second kappa shape index (κ2) is 8.37. The van der Waals surface area contributed by atoms with Gasteiger partial charge in [-0.05, 0) is 56.7 Å². The molecule has 0 bridgehead atoms. The van der Waals surface area contributed by atoms with E-state index in [1.165, 1.54) is 53.8 Å². The highest BCUT2D eigenvalue weighted by atomic mass is 35.5. The van der Waals surface area contributed by atoms with Crippen molar-refractivity contribution in [1.82, 2.24) is 9.62 Å². The number of carbonyl (C=O) groups is 1. The molecular weight excluding hydrogens is 391 g/mol. The Hall–Kier alpha value is -1.96. The van der Waals surface area contributed by atoms with Gasteiger partial charge in [-0.1, -0.05) is 23.7 Å². The lowest BCUT2D eigenvalue weighted by Crippen LogP contribution is -2.33. The quantitative estimate of drug-likeness (QED) is 0.779. The van der Waals surface area contributed by atoms with Gasteiger partial charge in [-0.15, -0.1) is 0 Å². The normalized spacial score (nSPS) is 13.0. The van der Waals surface area contributed by atoms with Crippen molar-refractivity contribution in [2.24, 2.45) is 0 Å². The van der Waals surface area contributed by atoms with Crippen LogP contribution in [0.1, 0.15) is 42.7 Å². The molecule has 0 saturated carbocycles. The minimum atomic E-state index is -3.69. The number of sulfonamides is 1. The lowest BCUT2D eigenvalue weighted by atomic mass is 10.1. The summed E-state index contributed by atoms with van der Waals surface area (Å²) in [6.07, 6.45) is 0. The van der Waals surface area contributed by atoms with Gasteiger partial charge in [0.1, 0.15) is 5.82 Å². The van der Waals surface area contributed by atoms with Gasteiger partial charge in [0.25, 0.3) is 5.91 Å². The van der Waals surface area contributed by atoms with Crippen molar-refractivity contribution in [2.45, 2.75) is 37.8 Å². The number of rotatable bonds is 6. The molecule has 2 rings (SSSR count). The number of nitrogens with one attached hydrogen (secondary N) is 1. The van der Waals surface area contributed by atoms with E-state index in [9.17, 15) is 17.6 Å². The summed E-state index contributed by atoms with van der Waals surface area (Å²) < 4.78 is 39.7. The van der Waals surface area contributed by atoms with Gasteiger partial charge < -0.3 is 5.32 Å². The Balaban J connectivity index is 2.23. The van der Waals surface area contributed by atoms with Crippen molar-refractivity contribution < 1.29 is 17.6 Å². The maximum atomic E-state index is 13.3. The fraction of sp³-hybridized carbons (Fsp3) is 0.316. The van der Waals surface area contributed by atoms with Crippen LogP contribution < -0.4 is 5.32 Å². The Morgan fingerprint density at radius 1 is 1.15 bits per heavy atom. The summed E-state index contributed by atoms with van der Waals surface area (Å²) in [5.41, 5.74) is 0.853. The molecule has 0 spiro atoms. The lowest BCUT2D eigenvalue weighted by molar-refractivity contribution is 0.0939. The number of nitrogens with zero attached hydrogens (tertiary/aromatic N) is 1. The molecule has 0 radical (unpaired) electrons. The van der Waals surface area contributed by atoms with E-state index in [2.05, 4.69) is 5.32 Å². The maximum absolute atomic E-state index is 13.3. The number of hydrogen-bond acceptors (Lipinski definition) is 3. The molecule has 1 amide bonds. The molecule has 27 heavy (non-hydrogen) atoms. The van der Waals surface area contributed by atoms with E-state index in [-0.39, 0.29) is 21.5 Å². The number of carbonyl (C=O) groups excluding carboxylic acids is 1. The van der Waals surface area contributed by atoms with Gasteiger partial charge in [0.05, 0.1) is 16.0 Å². The number of amides is 1. The summed E-state index contributed by atoms with van der Waals surface area (Å²) in [4.78, 5) is 12.6. The standard InChI is InChI=1S/C19H22ClFN2O3S/c1-12(2)23(4)27(25,26)16-7-5-6-15(10-16)19(24)22-13(3)14-8-9-18(21)17(20)11-14/h5-13H,1-4H3,(H,22,24). The molecule has 2 aromatic carbocycles. The zero-order chi connectivity index (χ0) is 20.4. The summed E-state index contributed by atoms with van der Waals surface area (Å²) >= 11 is 5.78. The fourth-order valence-corrected chi connectivity index (χ4v) is 3.99. The molecule has 5 nitrogen and oxygen atoms in total. The van der Waals surface area contributed by atoms with Gasteiger partial charge in [0, 0.05) is 18.7 Å². The van der Waals surface area contributed by atoms with E-state index in [0.29, 0.717) is 5.56 Å². The molecule has 0 aliphatic carbocycles. The van der Waals surface area contributed by atoms with Crippen molar-refractivity contribution in [3.05, 3.63) is 64.4 Å². The zero-order valence-electron chi connectivity index (χ0n) is 15.5. The second-order valence-corrected chi connectivity index (χ2v) is 8.92. The first kappa shape index (κ1) is 21.3. The van der Waals surface area contributed by atoms with Crippen molar-refractivity contribution >= 4 is 27.5 Å². The van der Waals surface area contributed by atoms with Crippen LogP contribution >= 0.6 is 11.6 Å². The highest BCUT2D eigenvalue weighted by Crippen LogP contribution is 2.22. The van der Waals surface area contributed by atoms with E-state index in [4.69, 9.17) is 11.6 Å². The van der Waals surface area contributed by atoms with Gasteiger partial charge in [-0.3, -0.25) is 4.79 Å². The van der Waals surface area contributed by atoms with Crippen LogP contribution in [0.15, 0.2) is 47.4 Å². The van der Waals surface area contributed by atoms with Crippen LogP contribution in [0.25, 0.3) is 0 Å². The van der Waals surface area contributed by atoms with Gasteiger partial charge >= 0.3 is 0 Å². The fourth-order valence-electron chi connectivity index (χ4n) is 2.39. The summed E-state index contributed by atoms with van der Waals surface area (Å²) in [6.45, 7) is 5.27.